The van der Waals surface area contributed by atoms with Gasteiger partial charge in [-0.25, -0.2) is 0 Å². The van der Waals surface area contributed by atoms with Gasteiger partial charge >= 0.3 is 0 Å². The van der Waals surface area contributed by atoms with Gasteiger partial charge in [0.1, 0.15) is 0 Å². The lowest BCUT2D eigenvalue weighted by Gasteiger charge is -2.34. The SMILES string of the molecule is CC1(C)CC(N=C2NC3(CCCCC3)CS2)CCO1. The summed E-state index contributed by atoms with van der Waals surface area (Å²) in [6.07, 6.45) is 8.95. The van der Waals surface area contributed by atoms with Crippen LogP contribution < -0.4 is 5.32 Å². The number of hydrogen-bond acceptors (Lipinski definition) is 3. The number of thioether (sulfide) groups is 1. The minimum absolute atomic E-state index is 0.00122. The Morgan fingerprint density at radius 1 is 1.26 bits per heavy atom. The molecule has 3 rings (SSSR count). The van der Waals surface area contributed by atoms with Crippen molar-refractivity contribution in [3.05, 3.63) is 0 Å². The molecule has 1 N–H and O–H groups in total. The average Bonchev–Trinajstić information content (AvgIpc) is 2.72. The van der Waals surface area contributed by atoms with Gasteiger partial charge in [-0.05, 0) is 39.5 Å². The van der Waals surface area contributed by atoms with Crippen molar-refractivity contribution in [1.82, 2.24) is 5.32 Å². The summed E-state index contributed by atoms with van der Waals surface area (Å²) in [6, 6.07) is 0.442. The highest BCUT2D eigenvalue weighted by atomic mass is 32.2. The van der Waals surface area contributed by atoms with Gasteiger partial charge in [0.05, 0.1) is 11.6 Å². The number of rotatable bonds is 1. The van der Waals surface area contributed by atoms with Crippen LogP contribution >= 0.6 is 11.8 Å². The highest BCUT2D eigenvalue weighted by molar-refractivity contribution is 8.14. The summed E-state index contributed by atoms with van der Waals surface area (Å²) < 4.78 is 5.77. The first-order valence-electron chi connectivity index (χ1n) is 7.70. The monoisotopic (exact) mass is 282 g/mol. The number of amidine groups is 1. The molecule has 0 radical (unpaired) electrons. The third-order valence-electron chi connectivity index (χ3n) is 4.64. The van der Waals surface area contributed by atoms with Gasteiger partial charge in [-0.1, -0.05) is 31.0 Å². The normalized spacial score (nSPS) is 35.5. The van der Waals surface area contributed by atoms with Crippen molar-refractivity contribution in [3.63, 3.8) is 0 Å². The number of ether oxygens (including phenoxy) is 1. The first-order valence-corrected chi connectivity index (χ1v) is 8.68. The van der Waals surface area contributed by atoms with E-state index in [1.165, 1.54) is 43.0 Å². The molecular weight excluding hydrogens is 256 g/mol. The van der Waals surface area contributed by atoms with Gasteiger partial charge in [-0.2, -0.15) is 0 Å². The lowest BCUT2D eigenvalue weighted by Crippen LogP contribution is -2.45. The summed E-state index contributed by atoms with van der Waals surface area (Å²) in [5.74, 6) is 1.22. The number of aliphatic imine (C=N–C) groups is 1. The number of nitrogens with zero attached hydrogens (tertiary/aromatic N) is 1. The van der Waals surface area contributed by atoms with Gasteiger partial charge in [-0.15, -0.1) is 0 Å². The Hall–Kier alpha value is -0.220. The minimum Gasteiger partial charge on any atom is -0.375 e. The van der Waals surface area contributed by atoms with Crippen LogP contribution in [0.15, 0.2) is 4.99 Å². The minimum atomic E-state index is -0.00122. The van der Waals surface area contributed by atoms with E-state index in [1.54, 1.807) is 0 Å². The average molecular weight is 282 g/mol. The first-order chi connectivity index (χ1) is 9.07. The second-order valence-electron chi connectivity index (χ2n) is 6.94. The van der Waals surface area contributed by atoms with Crippen molar-refractivity contribution in [2.45, 2.75) is 76.0 Å². The van der Waals surface area contributed by atoms with Gasteiger partial charge < -0.3 is 10.1 Å². The molecule has 2 aliphatic heterocycles. The molecule has 4 heteroatoms. The maximum atomic E-state index is 5.77. The molecule has 3 aliphatic rings. The van der Waals surface area contributed by atoms with Crippen molar-refractivity contribution in [2.24, 2.45) is 4.99 Å². The summed E-state index contributed by atoms with van der Waals surface area (Å²) in [6.45, 7) is 5.21. The molecule has 0 aromatic carbocycles. The topological polar surface area (TPSA) is 33.6 Å². The fourth-order valence-corrected chi connectivity index (χ4v) is 4.83. The van der Waals surface area contributed by atoms with Crippen LogP contribution in [0.4, 0.5) is 0 Å². The van der Waals surface area contributed by atoms with E-state index in [1.807, 2.05) is 11.8 Å². The molecule has 0 bridgehead atoms. The summed E-state index contributed by atoms with van der Waals surface area (Å²) >= 11 is 1.94. The van der Waals surface area contributed by atoms with Crippen LogP contribution in [0.2, 0.25) is 0 Å². The molecule has 0 amide bonds. The zero-order valence-corrected chi connectivity index (χ0v) is 13.0. The molecule has 1 aliphatic carbocycles. The summed E-state index contributed by atoms with van der Waals surface area (Å²) in [4.78, 5) is 4.97. The van der Waals surface area contributed by atoms with Crippen molar-refractivity contribution in [1.29, 1.82) is 0 Å². The highest BCUT2D eigenvalue weighted by Crippen LogP contribution is 2.37. The van der Waals surface area contributed by atoms with Crippen molar-refractivity contribution >= 4 is 16.9 Å². The zero-order valence-electron chi connectivity index (χ0n) is 12.2. The summed E-state index contributed by atoms with van der Waals surface area (Å²) in [5, 5.41) is 4.95. The van der Waals surface area contributed by atoms with Crippen LogP contribution in [0.3, 0.4) is 0 Å². The zero-order chi connectivity index (χ0) is 13.3. The molecule has 1 atom stereocenters. The maximum Gasteiger partial charge on any atom is 0.157 e. The van der Waals surface area contributed by atoms with E-state index in [4.69, 9.17) is 9.73 Å². The van der Waals surface area contributed by atoms with E-state index < -0.39 is 0 Å². The largest absolute Gasteiger partial charge is 0.375 e. The predicted molar refractivity (Wildman–Crippen MR) is 81.9 cm³/mol. The molecule has 1 spiro atoms. The quantitative estimate of drug-likeness (QED) is 0.801. The lowest BCUT2D eigenvalue weighted by atomic mass is 9.83. The Bertz CT molecular complexity index is 361. The Labute approximate surface area is 121 Å². The van der Waals surface area contributed by atoms with E-state index in [9.17, 15) is 0 Å². The van der Waals surface area contributed by atoms with Crippen molar-refractivity contribution in [2.75, 3.05) is 12.4 Å². The second-order valence-corrected chi connectivity index (χ2v) is 7.91. The van der Waals surface area contributed by atoms with E-state index in [-0.39, 0.29) is 5.60 Å². The molecular formula is C15H26N2OS. The summed E-state index contributed by atoms with van der Waals surface area (Å²) in [7, 11) is 0. The van der Waals surface area contributed by atoms with Crippen LogP contribution in [0.1, 0.15) is 58.8 Å². The number of nitrogens with one attached hydrogen (secondary N) is 1. The molecule has 19 heavy (non-hydrogen) atoms. The third kappa shape index (κ3) is 3.27. The Morgan fingerprint density at radius 3 is 2.79 bits per heavy atom. The second kappa shape index (κ2) is 5.28. The molecule has 3 fully saturated rings. The van der Waals surface area contributed by atoms with Crippen LogP contribution in [0.25, 0.3) is 0 Å². The standard InChI is InChI=1S/C15H26N2OS/c1-14(2)10-12(6-9-18-14)16-13-17-15(11-19-13)7-4-3-5-8-15/h12H,3-11H2,1-2H3,(H,16,17). The Balaban J connectivity index is 1.62. The van der Waals surface area contributed by atoms with Crippen LogP contribution in [-0.2, 0) is 4.74 Å². The van der Waals surface area contributed by atoms with E-state index in [0.717, 1.165) is 19.4 Å². The van der Waals surface area contributed by atoms with Gasteiger partial charge in [0, 0.05) is 17.9 Å². The van der Waals surface area contributed by atoms with Gasteiger partial charge in [0.25, 0.3) is 0 Å². The molecule has 0 aromatic rings. The van der Waals surface area contributed by atoms with Crippen LogP contribution in [0.5, 0.6) is 0 Å². The first kappa shape index (κ1) is 13.7. The molecule has 108 valence electrons. The molecule has 3 nitrogen and oxygen atoms in total. The lowest BCUT2D eigenvalue weighted by molar-refractivity contribution is -0.0575. The fraction of sp³-hybridized carbons (Fsp3) is 0.933. The van der Waals surface area contributed by atoms with Gasteiger partial charge in [0.2, 0.25) is 0 Å². The summed E-state index contributed by atoms with van der Waals surface area (Å²) in [5.41, 5.74) is 0.376. The molecule has 0 aromatic heterocycles. The molecule has 2 saturated heterocycles. The Kier molecular flexibility index (Phi) is 3.82. The molecule has 1 saturated carbocycles. The highest BCUT2D eigenvalue weighted by Gasteiger charge is 2.38. The predicted octanol–water partition coefficient (Wildman–Crippen LogP) is 3.34. The van der Waals surface area contributed by atoms with Crippen molar-refractivity contribution in [3.8, 4) is 0 Å². The van der Waals surface area contributed by atoms with Crippen LogP contribution in [-0.4, -0.2) is 34.7 Å². The van der Waals surface area contributed by atoms with Gasteiger partial charge in [0.15, 0.2) is 5.17 Å². The van der Waals surface area contributed by atoms with E-state index in [2.05, 4.69) is 19.2 Å². The Morgan fingerprint density at radius 2 is 2.05 bits per heavy atom. The molecule has 2 heterocycles. The van der Waals surface area contributed by atoms with E-state index in [0.29, 0.717) is 11.6 Å². The maximum absolute atomic E-state index is 5.77. The van der Waals surface area contributed by atoms with Gasteiger partial charge in [-0.3, -0.25) is 4.99 Å². The van der Waals surface area contributed by atoms with E-state index >= 15 is 0 Å². The fourth-order valence-electron chi connectivity index (χ4n) is 3.55. The van der Waals surface area contributed by atoms with Crippen molar-refractivity contribution < 1.29 is 4.74 Å². The third-order valence-corrected chi connectivity index (χ3v) is 5.82. The smallest absolute Gasteiger partial charge is 0.157 e. The number of hydrogen-bond donors (Lipinski definition) is 1. The molecule has 1 unspecified atom stereocenters. The van der Waals surface area contributed by atoms with Crippen LogP contribution in [0, 0.1) is 0 Å².